The number of amides is 1. The standard InChI is InChI=1S/C23H33ClN4O3/c1-22(2,3)31-21(29)27-9-10-28-19(15-27)14-25-20(28)26-16-23(7-11-30-12-8-23)17-5-4-6-18(24)13-17/h4-6,13,19H,7-12,14-16H2,1-3H3,(H,25,26). The molecule has 1 atom stereocenters. The number of hydrogen-bond acceptors (Lipinski definition) is 6. The van der Waals surface area contributed by atoms with E-state index in [2.05, 4.69) is 22.3 Å². The first kappa shape index (κ1) is 22.2. The van der Waals surface area contributed by atoms with E-state index in [1.807, 2.05) is 32.9 Å². The van der Waals surface area contributed by atoms with Crippen molar-refractivity contribution in [1.29, 1.82) is 0 Å². The van der Waals surface area contributed by atoms with Gasteiger partial charge in [-0.15, -0.1) is 0 Å². The summed E-state index contributed by atoms with van der Waals surface area (Å²) in [5.74, 6) is 0.932. The molecule has 0 spiro atoms. The van der Waals surface area contributed by atoms with Gasteiger partial charge in [-0.1, -0.05) is 23.7 Å². The van der Waals surface area contributed by atoms with Gasteiger partial charge < -0.3 is 24.6 Å². The summed E-state index contributed by atoms with van der Waals surface area (Å²) in [6.07, 6.45) is 1.66. The van der Waals surface area contributed by atoms with Crippen LogP contribution in [0.4, 0.5) is 4.79 Å². The number of piperazine rings is 1. The van der Waals surface area contributed by atoms with E-state index in [1.165, 1.54) is 5.56 Å². The highest BCUT2D eigenvalue weighted by Gasteiger charge is 2.39. The Balaban J connectivity index is 1.39. The SMILES string of the molecule is CC(C)(C)OC(=O)N1CCN2C(NCC3(c4cccc(Cl)c4)CCOCC3)=NCC2C1. The van der Waals surface area contributed by atoms with Gasteiger partial charge >= 0.3 is 6.09 Å². The second-order valence-electron chi connectivity index (χ2n) is 9.69. The second kappa shape index (κ2) is 8.87. The minimum absolute atomic E-state index is 0.0257. The maximum absolute atomic E-state index is 12.5. The van der Waals surface area contributed by atoms with Crippen molar-refractivity contribution in [3.05, 3.63) is 34.9 Å². The van der Waals surface area contributed by atoms with Gasteiger partial charge in [0.2, 0.25) is 0 Å². The van der Waals surface area contributed by atoms with Crippen LogP contribution in [0, 0.1) is 0 Å². The molecule has 170 valence electrons. The van der Waals surface area contributed by atoms with Crippen molar-refractivity contribution < 1.29 is 14.3 Å². The number of hydrogen-bond donors (Lipinski definition) is 1. The molecule has 4 rings (SSSR count). The predicted octanol–water partition coefficient (Wildman–Crippen LogP) is 3.27. The lowest BCUT2D eigenvalue weighted by atomic mass is 9.74. The number of rotatable bonds is 3. The van der Waals surface area contributed by atoms with E-state index in [9.17, 15) is 4.79 Å². The summed E-state index contributed by atoms with van der Waals surface area (Å²) < 4.78 is 11.2. The largest absolute Gasteiger partial charge is 0.444 e. The molecule has 1 amide bonds. The van der Waals surface area contributed by atoms with Crippen LogP contribution in [0.2, 0.25) is 5.02 Å². The minimum atomic E-state index is -0.481. The van der Waals surface area contributed by atoms with Crippen molar-refractivity contribution >= 4 is 23.7 Å². The van der Waals surface area contributed by atoms with Gasteiger partial charge in [0, 0.05) is 49.8 Å². The molecule has 0 aliphatic carbocycles. The lowest BCUT2D eigenvalue weighted by molar-refractivity contribution is 0.0136. The van der Waals surface area contributed by atoms with Gasteiger partial charge in [0.05, 0.1) is 12.6 Å². The average molecular weight is 449 g/mol. The first-order valence-corrected chi connectivity index (χ1v) is 11.5. The third kappa shape index (κ3) is 5.09. The molecule has 0 radical (unpaired) electrons. The van der Waals surface area contributed by atoms with E-state index in [0.717, 1.165) is 50.1 Å². The van der Waals surface area contributed by atoms with E-state index in [4.69, 9.17) is 26.1 Å². The summed E-state index contributed by atoms with van der Waals surface area (Å²) in [7, 11) is 0. The first-order chi connectivity index (χ1) is 14.8. The zero-order valence-corrected chi connectivity index (χ0v) is 19.5. The van der Waals surface area contributed by atoms with Crippen LogP contribution >= 0.6 is 11.6 Å². The Morgan fingerprint density at radius 2 is 2.10 bits per heavy atom. The number of benzene rings is 1. The molecule has 0 bridgehead atoms. The van der Waals surface area contributed by atoms with Crippen LogP contribution < -0.4 is 5.32 Å². The molecular weight excluding hydrogens is 416 g/mol. The Morgan fingerprint density at radius 1 is 1.32 bits per heavy atom. The van der Waals surface area contributed by atoms with Gasteiger partial charge in [0.15, 0.2) is 5.96 Å². The van der Waals surface area contributed by atoms with E-state index in [-0.39, 0.29) is 17.6 Å². The molecule has 2 fully saturated rings. The van der Waals surface area contributed by atoms with Crippen LogP contribution in [-0.4, -0.2) is 79.4 Å². The van der Waals surface area contributed by atoms with Crippen LogP contribution in [0.3, 0.4) is 0 Å². The van der Waals surface area contributed by atoms with Crippen LogP contribution in [0.1, 0.15) is 39.2 Å². The van der Waals surface area contributed by atoms with E-state index in [1.54, 1.807) is 4.90 Å². The molecular formula is C23H33ClN4O3. The third-order valence-electron chi connectivity index (χ3n) is 6.33. The molecule has 0 saturated carbocycles. The summed E-state index contributed by atoms with van der Waals surface area (Å²) in [4.78, 5) is 21.3. The maximum Gasteiger partial charge on any atom is 0.410 e. The molecule has 3 heterocycles. The second-order valence-corrected chi connectivity index (χ2v) is 10.1. The molecule has 7 nitrogen and oxygen atoms in total. The topological polar surface area (TPSA) is 66.4 Å². The maximum atomic E-state index is 12.5. The molecule has 1 unspecified atom stereocenters. The Bertz CT molecular complexity index is 832. The van der Waals surface area contributed by atoms with Crippen molar-refractivity contribution in [3.63, 3.8) is 0 Å². The molecule has 31 heavy (non-hydrogen) atoms. The first-order valence-electron chi connectivity index (χ1n) is 11.1. The molecule has 8 heteroatoms. The normalized spacial score (nSPS) is 23.2. The summed E-state index contributed by atoms with van der Waals surface area (Å²) in [6, 6.07) is 8.38. The Hall–Kier alpha value is -1.99. The van der Waals surface area contributed by atoms with Gasteiger partial charge in [-0.3, -0.25) is 4.99 Å². The molecule has 3 aliphatic rings. The van der Waals surface area contributed by atoms with Gasteiger partial charge in [0.1, 0.15) is 5.60 Å². The number of guanidine groups is 1. The summed E-state index contributed by atoms with van der Waals surface area (Å²) >= 11 is 6.30. The van der Waals surface area contributed by atoms with Crippen molar-refractivity contribution in [2.24, 2.45) is 4.99 Å². The zero-order valence-electron chi connectivity index (χ0n) is 18.7. The van der Waals surface area contributed by atoms with E-state index >= 15 is 0 Å². The fraction of sp³-hybridized carbons (Fsp3) is 0.652. The van der Waals surface area contributed by atoms with Crippen LogP contribution in [-0.2, 0) is 14.9 Å². The van der Waals surface area contributed by atoms with Crippen LogP contribution in [0.15, 0.2) is 29.3 Å². The average Bonchev–Trinajstić information content (AvgIpc) is 3.14. The highest BCUT2D eigenvalue weighted by Crippen LogP contribution is 2.35. The van der Waals surface area contributed by atoms with Crippen molar-refractivity contribution in [3.8, 4) is 0 Å². The highest BCUT2D eigenvalue weighted by molar-refractivity contribution is 6.30. The number of carbonyl (C=O) groups excluding carboxylic acids is 1. The fourth-order valence-corrected chi connectivity index (χ4v) is 4.81. The lowest BCUT2D eigenvalue weighted by Crippen LogP contribution is -2.58. The molecule has 3 aliphatic heterocycles. The fourth-order valence-electron chi connectivity index (χ4n) is 4.62. The number of carbonyl (C=O) groups is 1. The van der Waals surface area contributed by atoms with E-state index in [0.29, 0.717) is 19.6 Å². The molecule has 1 N–H and O–H groups in total. The number of nitrogens with one attached hydrogen (secondary N) is 1. The minimum Gasteiger partial charge on any atom is -0.444 e. The predicted molar refractivity (Wildman–Crippen MR) is 122 cm³/mol. The smallest absolute Gasteiger partial charge is 0.410 e. The Labute approximate surface area is 189 Å². The van der Waals surface area contributed by atoms with Crippen LogP contribution in [0.25, 0.3) is 0 Å². The number of nitrogens with zero attached hydrogens (tertiary/aromatic N) is 3. The van der Waals surface area contributed by atoms with Gasteiger partial charge in [-0.25, -0.2) is 4.79 Å². The molecule has 1 aromatic rings. The zero-order chi connectivity index (χ0) is 22.1. The van der Waals surface area contributed by atoms with Gasteiger partial charge in [0.25, 0.3) is 0 Å². The quantitative estimate of drug-likeness (QED) is 0.768. The van der Waals surface area contributed by atoms with Crippen molar-refractivity contribution in [1.82, 2.24) is 15.1 Å². The van der Waals surface area contributed by atoms with Crippen molar-refractivity contribution in [2.75, 3.05) is 45.9 Å². The summed E-state index contributed by atoms with van der Waals surface area (Å²) in [5.41, 5.74) is 0.744. The molecule has 0 aromatic heterocycles. The lowest BCUT2D eigenvalue weighted by Gasteiger charge is -2.41. The van der Waals surface area contributed by atoms with Gasteiger partial charge in [-0.05, 0) is 51.3 Å². The Morgan fingerprint density at radius 3 is 2.81 bits per heavy atom. The van der Waals surface area contributed by atoms with E-state index < -0.39 is 5.60 Å². The number of fused-ring (bicyclic) bond motifs is 1. The Kier molecular flexibility index (Phi) is 6.35. The highest BCUT2D eigenvalue weighted by atomic mass is 35.5. The number of halogens is 1. The number of ether oxygens (including phenoxy) is 2. The number of aliphatic imine (C=N–C) groups is 1. The monoisotopic (exact) mass is 448 g/mol. The summed E-state index contributed by atoms with van der Waals surface area (Å²) in [6.45, 7) is 10.7. The van der Waals surface area contributed by atoms with Crippen LogP contribution in [0.5, 0.6) is 0 Å². The summed E-state index contributed by atoms with van der Waals surface area (Å²) in [5, 5.41) is 4.40. The molecule has 1 aromatic carbocycles. The van der Waals surface area contributed by atoms with Crippen molar-refractivity contribution in [2.45, 2.75) is 50.7 Å². The third-order valence-corrected chi connectivity index (χ3v) is 6.57. The molecule has 2 saturated heterocycles. The van der Waals surface area contributed by atoms with Gasteiger partial charge in [-0.2, -0.15) is 0 Å².